The van der Waals surface area contributed by atoms with Gasteiger partial charge in [0.2, 0.25) is 0 Å². The molecule has 10 aromatic rings. The predicted molar refractivity (Wildman–Crippen MR) is 228 cm³/mol. The number of rotatable bonds is 5. The largest absolute Gasteiger partial charge is 0.310 e. The lowest BCUT2D eigenvalue weighted by Gasteiger charge is -2.19. The summed E-state index contributed by atoms with van der Waals surface area (Å²) in [5.74, 6) is 0. The number of para-hydroxylation sites is 3. The molecule has 0 atom stereocenters. The summed E-state index contributed by atoms with van der Waals surface area (Å²) in [5.41, 5.74) is 14.0. The monoisotopic (exact) mass is 666 g/mol. The van der Waals surface area contributed by atoms with Crippen molar-refractivity contribution in [3.8, 4) is 44.8 Å². The molecule has 0 saturated carbocycles. The van der Waals surface area contributed by atoms with Crippen LogP contribution in [0, 0.1) is 0 Å². The molecule has 0 aliphatic carbocycles. The van der Waals surface area contributed by atoms with Gasteiger partial charge in [0.25, 0.3) is 0 Å². The van der Waals surface area contributed by atoms with E-state index in [0.717, 1.165) is 77.2 Å². The van der Waals surface area contributed by atoms with E-state index in [1.54, 1.807) is 0 Å². The standard InChI is InChI=1S/C48H29B3N2/c49-44-42(33-25-28-41-39(29-33)37-21-12-20-36(32-15-6-2-7-16-32)47(37)52(41)34-17-8-3-9-18-34)45(50)46(51)48-43(44)38-19-10-11-22-40(38)53(48)35-26-23-31(24-27-35)30-13-4-1-5-14-30/h1-29H. The molecule has 0 bridgehead atoms. The summed E-state index contributed by atoms with van der Waals surface area (Å²) in [6.07, 6.45) is 0. The second-order valence-corrected chi connectivity index (χ2v) is 13.6. The van der Waals surface area contributed by atoms with Gasteiger partial charge in [0, 0.05) is 44.0 Å². The molecule has 2 nitrogen and oxygen atoms in total. The fourth-order valence-electron chi connectivity index (χ4n) is 8.23. The summed E-state index contributed by atoms with van der Waals surface area (Å²) in [7, 11) is 21.5. The number of aromatic nitrogens is 2. The van der Waals surface area contributed by atoms with E-state index in [4.69, 9.17) is 23.5 Å². The highest BCUT2D eigenvalue weighted by molar-refractivity contribution is 6.60. The average molecular weight is 666 g/mol. The van der Waals surface area contributed by atoms with E-state index in [9.17, 15) is 0 Å². The van der Waals surface area contributed by atoms with Gasteiger partial charge in [-0.05, 0) is 70.3 Å². The molecular weight excluding hydrogens is 637 g/mol. The Bertz CT molecular complexity index is 3000. The van der Waals surface area contributed by atoms with Gasteiger partial charge in [-0.3, -0.25) is 0 Å². The Morgan fingerprint density at radius 3 is 1.62 bits per heavy atom. The molecule has 10 rings (SSSR count). The Hall–Kier alpha value is -6.45. The molecule has 0 amide bonds. The van der Waals surface area contributed by atoms with Crippen molar-refractivity contribution < 1.29 is 0 Å². The van der Waals surface area contributed by atoms with Crippen molar-refractivity contribution in [2.24, 2.45) is 0 Å². The zero-order chi connectivity index (χ0) is 35.6. The lowest BCUT2D eigenvalue weighted by Crippen LogP contribution is -2.35. The van der Waals surface area contributed by atoms with E-state index in [1.165, 1.54) is 11.1 Å². The molecule has 2 heterocycles. The SMILES string of the molecule is [B]c1c(-c2ccc3c(c2)c2cccc(-c4ccccc4)c2n3-c2ccccc2)c([B])c2c3ccccc3n(-c3ccc(-c4ccccc4)cc3)c2c1[B]. The number of nitrogens with zero attached hydrogens (tertiary/aromatic N) is 2. The van der Waals surface area contributed by atoms with Crippen LogP contribution in [0.5, 0.6) is 0 Å². The minimum Gasteiger partial charge on any atom is -0.310 e. The first-order valence-electron chi connectivity index (χ1n) is 17.8. The summed E-state index contributed by atoms with van der Waals surface area (Å²) >= 11 is 0. The highest BCUT2D eigenvalue weighted by atomic mass is 15.0. The Morgan fingerprint density at radius 1 is 0.340 bits per heavy atom. The summed E-state index contributed by atoms with van der Waals surface area (Å²) in [6.45, 7) is 0. The molecule has 0 N–H and O–H groups in total. The van der Waals surface area contributed by atoms with E-state index in [0.29, 0.717) is 16.4 Å². The van der Waals surface area contributed by atoms with Crippen LogP contribution in [0.25, 0.3) is 88.4 Å². The predicted octanol–water partition coefficient (Wildman–Crippen LogP) is 9.26. The quantitative estimate of drug-likeness (QED) is 0.162. The van der Waals surface area contributed by atoms with Crippen LogP contribution in [-0.2, 0) is 0 Å². The van der Waals surface area contributed by atoms with Crippen molar-refractivity contribution in [2.75, 3.05) is 0 Å². The number of hydrogen-bond acceptors (Lipinski definition) is 0. The third kappa shape index (κ3) is 4.84. The van der Waals surface area contributed by atoms with Crippen LogP contribution in [0.4, 0.5) is 0 Å². The topological polar surface area (TPSA) is 9.86 Å². The van der Waals surface area contributed by atoms with Crippen molar-refractivity contribution >= 4 is 83.5 Å². The third-order valence-electron chi connectivity index (χ3n) is 10.6. The lowest BCUT2D eigenvalue weighted by molar-refractivity contribution is 1.18. The van der Waals surface area contributed by atoms with E-state index in [-0.39, 0.29) is 0 Å². The highest BCUT2D eigenvalue weighted by Gasteiger charge is 2.22. The molecule has 0 unspecified atom stereocenters. The number of hydrogen-bond donors (Lipinski definition) is 0. The van der Waals surface area contributed by atoms with Crippen LogP contribution >= 0.6 is 0 Å². The van der Waals surface area contributed by atoms with Crippen molar-refractivity contribution in [2.45, 2.75) is 0 Å². The van der Waals surface area contributed by atoms with Gasteiger partial charge in [-0.15, -0.1) is 0 Å². The van der Waals surface area contributed by atoms with Crippen molar-refractivity contribution in [3.63, 3.8) is 0 Å². The average Bonchev–Trinajstić information content (AvgIpc) is 3.75. The zero-order valence-electron chi connectivity index (χ0n) is 28.9. The Morgan fingerprint density at radius 2 is 0.887 bits per heavy atom. The number of fused-ring (bicyclic) bond motifs is 6. The normalized spacial score (nSPS) is 11.6. The highest BCUT2D eigenvalue weighted by Crippen LogP contribution is 2.40. The summed E-state index contributed by atoms with van der Waals surface area (Å²) in [4.78, 5) is 0. The van der Waals surface area contributed by atoms with Crippen molar-refractivity contribution in [1.29, 1.82) is 0 Å². The molecular formula is C48H29B3N2. The lowest BCUT2D eigenvalue weighted by atomic mass is 9.69. The van der Waals surface area contributed by atoms with Crippen molar-refractivity contribution in [1.82, 2.24) is 9.13 Å². The fraction of sp³-hybridized carbons (Fsp3) is 0. The maximum atomic E-state index is 7.28. The van der Waals surface area contributed by atoms with Crippen LogP contribution in [0.1, 0.15) is 0 Å². The van der Waals surface area contributed by atoms with Crippen LogP contribution in [0.15, 0.2) is 176 Å². The van der Waals surface area contributed by atoms with Gasteiger partial charge in [-0.25, -0.2) is 0 Å². The zero-order valence-corrected chi connectivity index (χ0v) is 28.9. The summed E-state index contributed by atoms with van der Waals surface area (Å²) < 4.78 is 4.55. The maximum Gasteiger partial charge on any atom is 0.115 e. The molecule has 0 saturated heterocycles. The Balaban J connectivity index is 1.22. The van der Waals surface area contributed by atoms with Gasteiger partial charge in [0.05, 0.1) is 16.6 Å². The van der Waals surface area contributed by atoms with E-state index < -0.39 is 0 Å². The third-order valence-corrected chi connectivity index (χ3v) is 10.6. The second-order valence-electron chi connectivity index (χ2n) is 13.6. The molecule has 0 aliphatic rings. The van der Waals surface area contributed by atoms with Gasteiger partial charge in [-0.2, -0.15) is 0 Å². The summed E-state index contributed by atoms with van der Waals surface area (Å²) in [5, 5.41) is 4.17. The maximum absolute atomic E-state index is 7.28. The summed E-state index contributed by atoms with van der Waals surface area (Å²) in [6, 6.07) is 61.4. The van der Waals surface area contributed by atoms with E-state index >= 15 is 0 Å². The molecule has 0 aliphatic heterocycles. The fourth-order valence-corrected chi connectivity index (χ4v) is 8.23. The van der Waals surface area contributed by atoms with Gasteiger partial charge in [0.1, 0.15) is 23.5 Å². The molecule has 240 valence electrons. The number of benzene rings is 8. The van der Waals surface area contributed by atoms with Crippen LogP contribution < -0.4 is 16.4 Å². The molecule has 8 aromatic carbocycles. The minimum atomic E-state index is 0.469. The first-order chi connectivity index (χ1) is 26.1. The molecule has 53 heavy (non-hydrogen) atoms. The van der Waals surface area contributed by atoms with Crippen molar-refractivity contribution in [3.05, 3.63) is 176 Å². The molecule has 6 radical (unpaired) electrons. The van der Waals surface area contributed by atoms with Crippen LogP contribution in [-0.4, -0.2) is 32.7 Å². The first-order valence-corrected chi connectivity index (χ1v) is 17.8. The first kappa shape index (κ1) is 31.3. The van der Waals surface area contributed by atoms with E-state index in [1.807, 2.05) is 18.2 Å². The van der Waals surface area contributed by atoms with Crippen LogP contribution in [0.3, 0.4) is 0 Å². The smallest absolute Gasteiger partial charge is 0.115 e. The Labute approximate surface area is 312 Å². The van der Waals surface area contributed by atoms with Gasteiger partial charge in [-0.1, -0.05) is 150 Å². The molecule has 0 fully saturated rings. The van der Waals surface area contributed by atoms with Crippen LogP contribution in [0.2, 0.25) is 0 Å². The minimum absolute atomic E-state index is 0.469. The molecule has 5 heteroatoms. The second kappa shape index (κ2) is 12.4. The van der Waals surface area contributed by atoms with Gasteiger partial charge < -0.3 is 9.13 Å². The molecule has 0 spiro atoms. The Kier molecular flexibility index (Phi) is 7.30. The molecule has 2 aromatic heterocycles. The van der Waals surface area contributed by atoms with Gasteiger partial charge >= 0.3 is 0 Å². The van der Waals surface area contributed by atoms with E-state index in [2.05, 4.69) is 167 Å². The van der Waals surface area contributed by atoms with Gasteiger partial charge in [0.15, 0.2) is 0 Å².